The molecule has 2 saturated carbocycles. The molecule has 0 saturated heterocycles. The molecule has 2 aromatic rings. The molecule has 1 aromatic heterocycles. The number of carbonyl (C=O) groups excluding carboxylic acids is 1. The van der Waals surface area contributed by atoms with Gasteiger partial charge in [0.2, 0.25) is 5.91 Å². The van der Waals surface area contributed by atoms with E-state index in [2.05, 4.69) is 9.88 Å². The highest BCUT2D eigenvalue weighted by molar-refractivity contribution is 7.09. The molecule has 1 amide bonds. The first-order chi connectivity index (χ1) is 12.7. The number of hydrogen-bond donors (Lipinski definition) is 1. The first kappa shape index (κ1) is 17.5. The summed E-state index contributed by atoms with van der Waals surface area (Å²) in [4.78, 5) is 18.8. The molecule has 1 heterocycles. The molecule has 0 spiro atoms. The van der Waals surface area contributed by atoms with Crippen LogP contribution in [0.3, 0.4) is 0 Å². The second-order valence-electron chi connectivity index (χ2n) is 7.26. The van der Waals surface area contributed by atoms with Crippen molar-refractivity contribution in [3.8, 4) is 5.75 Å². The maximum atomic E-state index is 12.5. The van der Waals surface area contributed by atoms with Gasteiger partial charge in [0.05, 0.1) is 12.3 Å². The van der Waals surface area contributed by atoms with Gasteiger partial charge in [-0.2, -0.15) is 0 Å². The lowest BCUT2D eigenvalue weighted by Gasteiger charge is -2.23. The van der Waals surface area contributed by atoms with Crippen molar-refractivity contribution in [1.29, 1.82) is 0 Å². The van der Waals surface area contributed by atoms with Crippen LogP contribution in [0.25, 0.3) is 0 Å². The summed E-state index contributed by atoms with van der Waals surface area (Å²) < 4.78 is 5.77. The fraction of sp³-hybridized carbons (Fsp3) is 0.500. The minimum absolute atomic E-state index is 0.0396. The van der Waals surface area contributed by atoms with Crippen molar-refractivity contribution in [2.45, 2.75) is 45.4 Å². The zero-order valence-electron chi connectivity index (χ0n) is 14.8. The predicted octanol–water partition coefficient (Wildman–Crippen LogP) is 3.36. The van der Waals surface area contributed by atoms with Gasteiger partial charge >= 0.3 is 0 Å². The first-order valence-electron chi connectivity index (χ1n) is 9.26. The van der Waals surface area contributed by atoms with E-state index in [0.717, 1.165) is 35.7 Å². The van der Waals surface area contributed by atoms with Crippen molar-refractivity contribution in [3.05, 3.63) is 45.9 Å². The largest absolute Gasteiger partial charge is 0.486 e. The summed E-state index contributed by atoms with van der Waals surface area (Å²) >= 11 is 1.49. The smallest absolute Gasteiger partial charge is 0.225 e. The minimum atomic E-state index is -0.0396. The van der Waals surface area contributed by atoms with E-state index >= 15 is 0 Å². The standard InChI is InChI=1S/C20H24N2O3S/c23-11-17-13-26-19(21-17)12-25-18-7-3-15(4-8-18)10-22(9-14-1-2-14)20(24)16-5-6-16/h3-4,7-8,13-14,16,23H,1-2,5-6,9-12H2. The number of benzene rings is 1. The Morgan fingerprint density at radius 1 is 1.23 bits per heavy atom. The molecule has 2 aliphatic rings. The third-order valence-electron chi connectivity index (χ3n) is 4.83. The average Bonchev–Trinajstić information content (AvgIpc) is 3.59. The normalized spacial score (nSPS) is 16.5. The van der Waals surface area contributed by atoms with Gasteiger partial charge in [0.1, 0.15) is 17.4 Å². The van der Waals surface area contributed by atoms with Crippen molar-refractivity contribution in [2.75, 3.05) is 6.54 Å². The van der Waals surface area contributed by atoms with Crippen LogP contribution >= 0.6 is 11.3 Å². The lowest BCUT2D eigenvalue weighted by Crippen LogP contribution is -2.33. The van der Waals surface area contributed by atoms with Gasteiger partial charge in [-0.05, 0) is 49.3 Å². The predicted molar refractivity (Wildman–Crippen MR) is 99.7 cm³/mol. The number of nitrogens with zero attached hydrogens (tertiary/aromatic N) is 2. The number of carbonyl (C=O) groups is 1. The zero-order valence-corrected chi connectivity index (χ0v) is 15.6. The molecule has 1 N–H and O–H groups in total. The van der Waals surface area contributed by atoms with Crippen LogP contribution in [0.2, 0.25) is 0 Å². The Labute approximate surface area is 157 Å². The summed E-state index contributed by atoms with van der Waals surface area (Å²) in [5, 5.41) is 11.7. The molecule has 5 nitrogen and oxygen atoms in total. The lowest BCUT2D eigenvalue weighted by atomic mass is 10.2. The number of hydrogen-bond acceptors (Lipinski definition) is 5. The molecular formula is C20H24N2O3S. The molecule has 0 unspecified atom stereocenters. The highest BCUT2D eigenvalue weighted by Gasteiger charge is 2.35. The Bertz CT molecular complexity index is 751. The topological polar surface area (TPSA) is 62.7 Å². The molecule has 4 rings (SSSR count). The summed E-state index contributed by atoms with van der Waals surface area (Å²) in [7, 11) is 0. The average molecular weight is 372 g/mol. The van der Waals surface area contributed by atoms with Gasteiger partial charge in [-0.1, -0.05) is 12.1 Å². The quantitative estimate of drug-likeness (QED) is 0.733. The highest BCUT2D eigenvalue weighted by Crippen LogP contribution is 2.35. The Balaban J connectivity index is 1.32. The Hall–Kier alpha value is -1.92. The monoisotopic (exact) mass is 372 g/mol. The lowest BCUT2D eigenvalue weighted by molar-refractivity contribution is -0.133. The third-order valence-corrected chi connectivity index (χ3v) is 5.71. The molecule has 0 radical (unpaired) electrons. The van der Waals surface area contributed by atoms with Crippen LogP contribution < -0.4 is 4.74 Å². The molecule has 138 valence electrons. The SMILES string of the molecule is O=C(C1CC1)N(Cc1ccc(OCc2nc(CO)cs2)cc1)CC1CC1. The molecule has 0 aliphatic heterocycles. The fourth-order valence-corrected chi connectivity index (χ4v) is 3.67. The Morgan fingerprint density at radius 2 is 2.00 bits per heavy atom. The van der Waals surface area contributed by atoms with E-state index in [1.165, 1.54) is 24.2 Å². The second kappa shape index (κ2) is 7.76. The van der Waals surface area contributed by atoms with Crippen LogP contribution in [0.15, 0.2) is 29.6 Å². The Kier molecular flexibility index (Phi) is 5.22. The molecule has 26 heavy (non-hydrogen) atoms. The Morgan fingerprint density at radius 3 is 2.62 bits per heavy atom. The van der Waals surface area contributed by atoms with Gasteiger partial charge in [-0.15, -0.1) is 11.3 Å². The number of aromatic nitrogens is 1. The second-order valence-corrected chi connectivity index (χ2v) is 8.20. The first-order valence-corrected chi connectivity index (χ1v) is 10.1. The fourth-order valence-electron chi connectivity index (χ4n) is 2.98. The van der Waals surface area contributed by atoms with Gasteiger partial charge in [0.25, 0.3) is 0 Å². The van der Waals surface area contributed by atoms with E-state index < -0.39 is 0 Å². The molecule has 2 aliphatic carbocycles. The van der Waals surface area contributed by atoms with Crippen molar-refractivity contribution < 1.29 is 14.6 Å². The summed E-state index contributed by atoms with van der Waals surface area (Å²) in [5.41, 5.74) is 1.82. The van der Waals surface area contributed by atoms with E-state index in [1.807, 2.05) is 29.6 Å². The number of aliphatic hydroxyl groups is 1. The van der Waals surface area contributed by atoms with Gasteiger partial charge in [-0.25, -0.2) is 4.98 Å². The maximum Gasteiger partial charge on any atom is 0.225 e. The van der Waals surface area contributed by atoms with Gasteiger partial charge in [-0.3, -0.25) is 4.79 Å². The summed E-state index contributed by atoms with van der Waals surface area (Å²) in [6, 6.07) is 7.98. The highest BCUT2D eigenvalue weighted by atomic mass is 32.1. The van der Waals surface area contributed by atoms with E-state index in [0.29, 0.717) is 30.7 Å². The summed E-state index contributed by atoms with van der Waals surface area (Å²) in [6.45, 7) is 1.96. The van der Waals surface area contributed by atoms with E-state index in [1.54, 1.807) is 0 Å². The number of amides is 1. The van der Waals surface area contributed by atoms with Crippen LogP contribution in [0.1, 0.15) is 41.9 Å². The number of ether oxygens (including phenoxy) is 1. The zero-order chi connectivity index (χ0) is 17.9. The van der Waals surface area contributed by atoms with Gasteiger partial charge in [0.15, 0.2) is 0 Å². The summed E-state index contributed by atoms with van der Waals surface area (Å²) in [6.07, 6.45) is 4.63. The molecule has 1 aromatic carbocycles. The van der Waals surface area contributed by atoms with Crippen molar-refractivity contribution in [2.24, 2.45) is 11.8 Å². The number of thiazole rings is 1. The van der Waals surface area contributed by atoms with E-state index in [9.17, 15) is 4.79 Å². The van der Waals surface area contributed by atoms with Crippen molar-refractivity contribution >= 4 is 17.2 Å². The third kappa shape index (κ3) is 4.62. The summed E-state index contributed by atoms with van der Waals surface area (Å²) in [5.74, 6) is 2.11. The van der Waals surface area contributed by atoms with Gasteiger partial charge < -0.3 is 14.7 Å². The van der Waals surface area contributed by atoms with Crippen LogP contribution in [0, 0.1) is 11.8 Å². The maximum absolute atomic E-state index is 12.5. The molecule has 6 heteroatoms. The molecule has 2 fully saturated rings. The molecule has 0 atom stereocenters. The van der Waals surface area contributed by atoms with Crippen LogP contribution in [0.5, 0.6) is 5.75 Å². The minimum Gasteiger partial charge on any atom is -0.486 e. The number of rotatable bonds is 9. The number of aliphatic hydroxyl groups excluding tert-OH is 1. The molecule has 0 bridgehead atoms. The van der Waals surface area contributed by atoms with Crippen molar-refractivity contribution in [1.82, 2.24) is 9.88 Å². The van der Waals surface area contributed by atoms with Crippen LogP contribution in [-0.4, -0.2) is 27.4 Å². The van der Waals surface area contributed by atoms with Gasteiger partial charge in [0, 0.05) is 24.4 Å². The van der Waals surface area contributed by atoms with Crippen LogP contribution in [-0.2, 0) is 24.6 Å². The van der Waals surface area contributed by atoms with Crippen molar-refractivity contribution in [3.63, 3.8) is 0 Å². The molecular weight excluding hydrogens is 348 g/mol. The van der Waals surface area contributed by atoms with E-state index in [4.69, 9.17) is 9.84 Å². The van der Waals surface area contributed by atoms with Crippen LogP contribution in [0.4, 0.5) is 0 Å². The van der Waals surface area contributed by atoms with E-state index in [-0.39, 0.29) is 12.5 Å².